The van der Waals surface area contributed by atoms with Gasteiger partial charge < -0.3 is 5.32 Å². The first-order valence-corrected chi connectivity index (χ1v) is 16.4. The van der Waals surface area contributed by atoms with Crippen LogP contribution < -0.4 is 15.8 Å². The van der Waals surface area contributed by atoms with Crippen molar-refractivity contribution in [2.24, 2.45) is 0 Å². The molecule has 0 atom stereocenters. The van der Waals surface area contributed by atoms with E-state index in [0.29, 0.717) is 0 Å². The van der Waals surface area contributed by atoms with Crippen molar-refractivity contribution in [3.63, 3.8) is 0 Å². The third-order valence-corrected chi connectivity index (χ3v) is 11.1. The van der Waals surface area contributed by atoms with E-state index in [9.17, 15) is 0 Å². The van der Waals surface area contributed by atoms with E-state index in [1.165, 1.54) is 81.2 Å². The lowest BCUT2D eigenvalue weighted by molar-refractivity contribution is 0.646. The molecule has 1 N–H and O–H groups in total. The van der Waals surface area contributed by atoms with Crippen LogP contribution in [0.25, 0.3) is 61.4 Å². The number of aromatic nitrogens is 1. The SMILES string of the molecule is CC1(C)c2ccc(C3=c4ccccc4=CCN3)cc2-c2sc3c(c2-c2cc(-c4nccc5ccccc45)ccc21)C=CCC3. The van der Waals surface area contributed by atoms with Gasteiger partial charge in [0.25, 0.3) is 0 Å². The number of fused-ring (bicyclic) bond motifs is 9. The lowest BCUT2D eigenvalue weighted by atomic mass is 9.74. The van der Waals surface area contributed by atoms with Gasteiger partial charge in [0.1, 0.15) is 0 Å². The van der Waals surface area contributed by atoms with E-state index in [0.717, 1.165) is 25.1 Å². The summed E-state index contributed by atoms with van der Waals surface area (Å²) >= 11 is 2.00. The monoisotopic (exact) mass is 584 g/mol. The fourth-order valence-corrected chi connectivity index (χ4v) is 8.96. The van der Waals surface area contributed by atoms with Crippen LogP contribution in [0.4, 0.5) is 0 Å². The summed E-state index contributed by atoms with van der Waals surface area (Å²) in [5, 5.41) is 8.70. The van der Waals surface area contributed by atoms with Crippen molar-refractivity contribution in [2.75, 3.05) is 6.54 Å². The minimum Gasteiger partial charge on any atom is -0.381 e. The van der Waals surface area contributed by atoms with Crippen molar-refractivity contribution in [2.45, 2.75) is 32.1 Å². The highest BCUT2D eigenvalue weighted by Gasteiger charge is 2.36. The standard InChI is InChI=1S/C41H32N2S/c1-41(2)34-17-15-27(38-29-11-5-3-9-25(29)19-21-42-38)23-32(34)37-31-13-7-8-14-36(31)44-40(37)33-24-28(16-18-35(33)41)39-30-12-6-4-10-26(30)20-22-43-39/h3-7,9-13,15-21,23-24,43H,8,14,22H2,1-2H3. The number of aryl methyl sites for hydroxylation is 1. The third kappa shape index (κ3) is 3.75. The Morgan fingerprint density at radius 1 is 0.818 bits per heavy atom. The lowest BCUT2D eigenvalue weighted by Crippen LogP contribution is -2.37. The zero-order chi connectivity index (χ0) is 29.4. The Morgan fingerprint density at radius 3 is 2.55 bits per heavy atom. The van der Waals surface area contributed by atoms with E-state index in [-0.39, 0.29) is 5.41 Å². The molecule has 3 aliphatic rings. The molecule has 212 valence electrons. The van der Waals surface area contributed by atoms with Crippen LogP contribution in [-0.4, -0.2) is 11.5 Å². The molecular formula is C41H32N2S. The number of hydrogen-bond acceptors (Lipinski definition) is 3. The highest BCUT2D eigenvalue weighted by Crippen LogP contribution is 2.55. The Labute approximate surface area is 261 Å². The first-order valence-electron chi connectivity index (χ1n) is 15.6. The maximum atomic E-state index is 4.91. The van der Waals surface area contributed by atoms with Crippen molar-refractivity contribution in [1.82, 2.24) is 10.3 Å². The summed E-state index contributed by atoms with van der Waals surface area (Å²) in [4.78, 5) is 7.80. The summed E-state index contributed by atoms with van der Waals surface area (Å²) in [6, 6.07) is 33.7. The molecule has 6 aromatic rings. The van der Waals surface area contributed by atoms with Crippen LogP contribution in [0, 0.1) is 0 Å². The quantitative estimate of drug-likeness (QED) is 0.221. The highest BCUT2D eigenvalue weighted by molar-refractivity contribution is 7.16. The highest BCUT2D eigenvalue weighted by atomic mass is 32.1. The van der Waals surface area contributed by atoms with Crippen LogP contribution in [0.15, 0.2) is 103 Å². The predicted molar refractivity (Wildman–Crippen MR) is 186 cm³/mol. The van der Waals surface area contributed by atoms with Crippen molar-refractivity contribution in [3.8, 4) is 32.8 Å². The average molecular weight is 585 g/mol. The van der Waals surface area contributed by atoms with Gasteiger partial charge >= 0.3 is 0 Å². The van der Waals surface area contributed by atoms with Gasteiger partial charge in [-0.05, 0) is 75.0 Å². The molecule has 0 unspecified atom stereocenters. The van der Waals surface area contributed by atoms with Gasteiger partial charge in [-0.1, -0.05) is 105 Å². The van der Waals surface area contributed by atoms with Gasteiger partial charge in [-0.25, -0.2) is 0 Å². The summed E-state index contributed by atoms with van der Waals surface area (Å²) in [6.45, 7) is 5.64. The molecule has 3 heterocycles. The zero-order valence-electron chi connectivity index (χ0n) is 24.9. The summed E-state index contributed by atoms with van der Waals surface area (Å²) in [5.41, 5.74) is 12.7. The summed E-state index contributed by atoms with van der Waals surface area (Å²) in [6.07, 6.45) is 11.2. The molecule has 0 amide bonds. The number of thiophene rings is 1. The molecule has 2 aromatic heterocycles. The van der Waals surface area contributed by atoms with E-state index in [2.05, 4.69) is 128 Å². The Kier molecular flexibility index (Phi) is 5.64. The van der Waals surface area contributed by atoms with Gasteiger partial charge in [0.2, 0.25) is 0 Å². The Hall–Kier alpha value is -4.73. The summed E-state index contributed by atoms with van der Waals surface area (Å²) in [7, 11) is 0. The summed E-state index contributed by atoms with van der Waals surface area (Å²) < 4.78 is 0. The lowest BCUT2D eigenvalue weighted by Gasteiger charge is -2.29. The molecule has 0 saturated heterocycles. The second-order valence-corrected chi connectivity index (χ2v) is 13.8. The van der Waals surface area contributed by atoms with Crippen molar-refractivity contribution in [1.29, 1.82) is 0 Å². The van der Waals surface area contributed by atoms with Crippen molar-refractivity contribution < 1.29 is 0 Å². The second-order valence-electron chi connectivity index (χ2n) is 12.7. The molecule has 0 fully saturated rings. The van der Waals surface area contributed by atoms with E-state index in [4.69, 9.17) is 4.98 Å². The normalized spacial score (nSPS) is 15.6. The van der Waals surface area contributed by atoms with E-state index in [1.807, 2.05) is 17.5 Å². The van der Waals surface area contributed by atoms with Gasteiger partial charge in [-0.15, -0.1) is 11.3 Å². The Bertz CT molecular complexity index is 2310. The number of benzene rings is 4. The number of pyridine rings is 1. The third-order valence-electron chi connectivity index (χ3n) is 9.81. The molecule has 1 aliphatic heterocycles. The van der Waals surface area contributed by atoms with Gasteiger partial charge in [-0.3, -0.25) is 4.98 Å². The van der Waals surface area contributed by atoms with E-state index < -0.39 is 0 Å². The molecule has 2 aliphatic carbocycles. The van der Waals surface area contributed by atoms with Crippen LogP contribution in [0.3, 0.4) is 0 Å². The number of hydrogen-bond donors (Lipinski definition) is 1. The molecule has 0 spiro atoms. The topological polar surface area (TPSA) is 24.9 Å². The first kappa shape index (κ1) is 25.7. The number of nitrogens with one attached hydrogen (secondary N) is 1. The minimum atomic E-state index is -0.186. The maximum absolute atomic E-state index is 4.91. The average Bonchev–Trinajstić information content (AvgIpc) is 3.44. The van der Waals surface area contributed by atoms with Gasteiger partial charge in [0.05, 0.1) is 5.69 Å². The molecule has 9 rings (SSSR count). The molecule has 3 heteroatoms. The summed E-state index contributed by atoms with van der Waals surface area (Å²) in [5.74, 6) is 0. The second kappa shape index (κ2) is 9.64. The van der Waals surface area contributed by atoms with Crippen LogP contribution in [0.5, 0.6) is 0 Å². The number of rotatable bonds is 2. The minimum absolute atomic E-state index is 0.186. The largest absolute Gasteiger partial charge is 0.381 e. The smallest absolute Gasteiger partial charge is 0.0780 e. The molecule has 0 bridgehead atoms. The molecule has 0 radical (unpaired) electrons. The maximum Gasteiger partial charge on any atom is 0.0780 e. The van der Waals surface area contributed by atoms with Crippen LogP contribution in [0.1, 0.15) is 47.4 Å². The first-order chi connectivity index (χ1) is 21.6. The van der Waals surface area contributed by atoms with E-state index in [1.54, 1.807) is 0 Å². The molecule has 0 saturated carbocycles. The molecule has 44 heavy (non-hydrogen) atoms. The van der Waals surface area contributed by atoms with Gasteiger partial charge in [0.15, 0.2) is 0 Å². The Balaban J connectivity index is 1.33. The number of nitrogens with zero attached hydrogens (tertiary/aromatic N) is 1. The van der Waals surface area contributed by atoms with Crippen molar-refractivity contribution >= 4 is 40.0 Å². The van der Waals surface area contributed by atoms with Crippen LogP contribution in [-0.2, 0) is 11.8 Å². The fourth-order valence-electron chi connectivity index (χ4n) is 7.61. The van der Waals surface area contributed by atoms with Gasteiger partial charge in [0, 0.05) is 55.3 Å². The predicted octanol–water partition coefficient (Wildman–Crippen LogP) is 8.44. The van der Waals surface area contributed by atoms with Crippen LogP contribution in [0.2, 0.25) is 0 Å². The fraction of sp³-hybridized carbons (Fsp3) is 0.146. The zero-order valence-corrected chi connectivity index (χ0v) is 25.8. The van der Waals surface area contributed by atoms with E-state index >= 15 is 0 Å². The molecular weight excluding hydrogens is 553 g/mol. The Morgan fingerprint density at radius 2 is 1.61 bits per heavy atom. The van der Waals surface area contributed by atoms with Gasteiger partial charge in [-0.2, -0.15) is 0 Å². The molecule has 2 nitrogen and oxygen atoms in total. The van der Waals surface area contributed by atoms with Crippen molar-refractivity contribution in [3.05, 3.63) is 141 Å². The molecule has 4 aromatic carbocycles. The number of allylic oxidation sites excluding steroid dienone is 1. The van der Waals surface area contributed by atoms with Crippen LogP contribution >= 0.6 is 11.3 Å².